The van der Waals surface area contributed by atoms with Gasteiger partial charge in [-0.15, -0.1) is 0 Å². The van der Waals surface area contributed by atoms with Crippen LogP contribution in [0.2, 0.25) is 0 Å². The summed E-state index contributed by atoms with van der Waals surface area (Å²) in [5.41, 5.74) is 1.48. The van der Waals surface area contributed by atoms with E-state index in [1.807, 2.05) is 0 Å². The van der Waals surface area contributed by atoms with E-state index in [9.17, 15) is 4.79 Å². The Balaban J connectivity index is 1.90. The fraction of sp³-hybridized carbons (Fsp3) is 0.727. The van der Waals surface area contributed by atoms with Gasteiger partial charge in [0.1, 0.15) is 5.78 Å². The van der Waals surface area contributed by atoms with Crippen molar-refractivity contribution in [2.45, 2.75) is 45.4 Å². The number of rotatable bonds is 3. The van der Waals surface area contributed by atoms with Gasteiger partial charge < -0.3 is 0 Å². The monoisotopic (exact) mass is 164 g/mol. The number of allylic oxidation sites excluding steroid dienone is 2. The second kappa shape index (κ2) is 2.72. The van der Waals surface area contributed by atoms with E-state index in [0.29, 0.717) is 5.78 Å². The molecule has 12 heavy (non-hydrogen) atoms. The molecule has 1 saturated carbocycles. The predicted molar refractivity (Wildman–Crippen MR) is 48.9 cm³/mol. The smallest absolute Gasteiger partial charge is 0.142 e. The minimum atomic E-state index is 0.0867. The average molecular weight is 164 g/mol. The van der Waals surface area contributed by atoms with Gasteiger partial charge in [0.05, 0.1) is 0 Å². The third-order valence-electron chi connectivity index (χ3n) is 3.20. The highest BCUT2D eigenvalue weighted by atomic mass is 16.1. The highest BCUT2D eigenvalue weighted by molar-refractivity contribution is 5.88. The van der Waals surface area contributed by atoms with Gasteiger partial charge >= 0.3 is 0 Å². The normalized spacial score (nSPS) is 25.2. The third-order valence-corrected chi connectivity index (χ3v) is 3.20. The summed E-state index contributed by atoms with van der Waals surface area (Å²) in [7, 11) is 0. The van der Waals surface area contributed by atoms with Crippen LogP contribution >= 0.6 is 0 Å². The molecule has 0 bridgehead atoms. The molecule has 0 N–H and O–H groups in total. The first-order chi connectivity index (χ1) is 5.71. The molecule has 0 aromatic rings. The second-order valence-corrected chi connectivity index (χ2v) is 4.42. The van der Waals surface area contributed by atoms with Gasteiger partial charge in [0.2, 0.25) is 0 Å². The lowest BCUT2D eigenvalue weighted by atomic mass is 9.97. The molecule has 0 unspecified atom stereocenters. The molecule has 1 fully saturated rings. The van der Waals surface area contributed by atoms with E-state index in [1.54, 1.807) is 0 Å². The Labute approximate surface area is 73.8 Å². The first-order valence-electron chi connectivity index (χ1n) is 4.92. The molecule has 0 aromatic carbocycles. The van der Waals surface area contributed by atoms with Crippen molar-refractivity contribution < 1.29 is 4.79 Å². The fourth-order valence-corrected chi connectivity index (χ4v) is 1.78. The number of hydrogen-bond donors (Lipinski definition) is 0. The van der Waals surface area contributed by atoms with Gasteiger partial charge in [-0.25, -0.2) is 0 Å². The van der Waals surface area contributed by atoms with Gasteiger partial charge in [0.15, 0.2) is 0 Å². The standard InChI is InChI=1S/C11H16O/c1-11(6-7-11)10(12)8-9-4-2-3-5-9/h4H,2-3,5-8H2,1H3. The maximum Gasteiger partial charge on any atom is 0.142 e. The molecule has 0 aliphatic heterocycles. The van der Waals surface area contributed by atoms with E-state index in [0.717, 1.165) is 19.3 Å². The lowest BCUT2D eigenvalue weighted by Gasteiger charge is -2.06. The van der Waals surface area contributed by atoms with Crippen LogP contribution in [0.15, 0.2) is 11.6 Å². The van der Waals surface area contributed by atoms with Crippen LogP contribution in [0.3, 0.4) is 0 Å². The summed E-state index contributed by atoms with van der Waals surface area (Å²) in [5.74, 6) is 0.482. The SMILES string of the molecule is CC1(C(=O)CC2=CCCC2)CC1. The van der Waals surface area contributed by atoms with Crippen LogP contribution in [0.1, 0.15) is 45.4 Å². The van der Waals surface area contributed by atoms with Crippen LogP contribution in [0, 0.1) is 5.41 Å². The van der Waals surface area contributed by atoms with Crippen LogP contribution in [0.5, 0.6) is 0 Å². The van der Waals surface area contributed by atoms with Gasteiger partial charge in [0.25, 0.3) is 0 Å². The Hall–Kier alpha value is -0.590. The van der Waals surface area contributed by atoms with Crippen LogP contribution in [-0.4, -0.2) is 5.78 Å². The minimum Gasteiger partial charge on any atom is -0.299 e. The molecule has 1 nitrogen and oxygen atoms in total. The number of ketones is 1. The van der Waals surface area contributed by atoms with E-state index < -0.39 is 0 Å². The zero-order valence-corrected chi connectivity index (χ0v) is 7.73. The molecule has 0 heterocycles. The highest BCUT2D eigenvalue weighted by Gasteiger charge is 2.44. The molecule has 0 saturated heterocycles. The lowest BCUT2D eigenvalue weighted by molar-refractivity contribution is -0.122. The summed E-state index contributed by atoms with van der Waals surface area (Å²) in [5, 5.41) is 0. The van der Waals surface area contributed by atoms with Crippen molar-refractivity contribution in [2.75, 3.05) is 0 Å². The van der Waals surface area contributed by atoms with Crippen LogP contribution in [-0.2, 0) is 4.79 Å². The van der Waals surface area contributed by atoms with E-state index in [1.165, 1.54) is 24.8 Å². The van der Waals surface area contributed by atoms with Crippen LogP contribution in [0.25, 0.3) is 0 Å². The maximum atomic E-state index is 11.6. The molecular weight excluding hydrogens is 148 g/mol. The molecule has 2 aliphatic carbocycles. The largest absolute Gasteiger partial charge is 0.299 e. The molecule has 0 spiro atoms. The van der Waals surface area contributed by atoms with Crippen LogP contribution in [0.4, 0.5) is 0 Å². The van der Waals surface area contributed by atoms with Crippen molar-refractivity contribution in [1.29, 1.82) is 0 Å². The Bertz CT molecular complexity index is 233. The molecule has 2 rings (SSSR count). The number of Topliss-reactive ketones (excluding diaryl/α,β-unsaturated/α-hetero) is 1. The fourth-order valence-electron chi connectivity index (χ4n) is 1.78. The highest BCUT2D eigenvalue weighted by Crippen LogP contribution is 2.47. The predicted octanol–water partition coefficient (Wildman–Crippen LogP) is 2.86. The third kappa shape index (κ3) is 1.45. The van der Waals surface area contributed by atoms with Gasteiger partial charge in [-0.05, 0) is 32.1 Å². The van der Waals surface area contributed by atoms with Crippen molar-refractivity contribution in [2.24, 2.45) is 5.41 Å². The lowest BCUT2D eigenvalue weighted by Crippen LogP contribution is -2.11. The topological polar surface area (TPSA) is 17.1 Å². The zero-order chi connectivity index (χ0) is 8.60. The summed E-state index contributed by atoms with van der Waals surface area (Å²) >= 11 is 0. The van der Waals surface area contributed by atoms with E-state index in [4.69, 9.17) is 0 Å². The molecule has 0 radical (unpaired) electrons. The molecule has 0 aromatic heterocycles. The Morgan fingerprint density at radius 3 is 2.83 bits per heavy atom. The molecule has 1 heteroatoms. The Morgan fingerprint density at radius 1 is 1.58 bits per heavy atom. The number of hydrogen-bond acceptors (Lipinski definition) is 1. The molecule has 0 atom stereocenters. The van der Waals surface area contributed by atoms with Crippen molar-refractivity contribution in [3.63, 3.8) is 0 Å². The molecular formula is C11H16O. The van der Waals surface area contributed by atoms with E-state index >= 15 is 0 Å². The summed E-state index contributed by atoms with van der Waals surface area (Å²) in [6.45, 7) is 2.10. The van der Waals surface area contributed by atoms with Crippen molar-refractivity contribution in [3.8, 4) is 0 Å². The first kappa shape index (κ1) is 8.03. The second-order valence-electron chi connectivity index (χ2n) is 4.42. The van der Waals surface area contributed by atoms with Gasteiger partial charge in [-0.2, -0.15) is 0 Å². The average Bonchev–Trinajstić information content (AvgIpc) is 2.63. The van der Waals surface area contributed by atoms with Gasteiger partial charge in [0, 0.05) is 11.8 Å². The van der Waals surface area contributed by atoms with Crippen LogP contribution < -0.4 is 0 Å². The minimum absolute atomic E-state index is 0.0867. The van der Waals surface area contributed by atoms with E-state index in [2.05, 4.69) is 13.0 Å². The number of carbonyl (C=O) groups is 1. The summed E-state index contributed by atoms with van der Waals surface area (Å²) in [6, 6.07) is 0. The maximum absolute atomic E-state index is 11.6. The first-order valence-corrected chi connectivity index (χ1v) is 4.92. The van der Waals surface area contributed by atoms with Gasteiger partial charge in [-0.3, -0.25) is 4.79 Å². The summed E-state index contributed by atoms with van der Waals surface area (Å²) in [6.07, 6.45) is 8.87. The quantitative estimate of drug-likeness (QED) is 0.586. The summed E-state index contributed by atoms with van der Waals surface area (Å²) < 4.78 is 0. The van der Waals surface area contributed by atoms with Crippen molar-refractivity contribution in [3.05, 3.63) is 11.6 Å². The van der Waals surface area contributed by atoms with Crippen molar-refractivity contribution in [1.82, 2.24) is 0 Å². The Morgan fingerprint density at radius 2 is 2.33 bits per heavy atom. The summed E-state index contributed by atoms with van der Waals surface area (Å²) in [4.78, 5) is 11.6. The molecule has 0 amide bonds. The number of carbonyl (C=O) groups excluding carboxylic acids is 1. The Kier molecular flexibility index (Phi) is 1.82. The van der Waals surface area contributed by atoms with Crippen molar-refractivity contribution >= 4 is 5.78 Å². The zero-order valence-electron chi connectivity index (χ0n) is 7.73. The molecule has 66 valence electrons. The molecule has 2 aliphatic rings. The van der Waals surface area contributed by atoms with Gasteiger partial charge in [-0.1, -0.05) is 18.6 Å². The van der Waals surface area contributed by atoms with E-state index in [-0.39, 0.29) is 5.41 Å².